The molecule has 0 saturated carbocycles. The normalized spacial score (nSPS) is 15.6. The van der Waals surface area contributed by atoms with Crippen LogP contribution >= 0.6 is 0 Å². The molecule has 1 heterocycles. The number of nitrogens with zero attached hydrogens (tertiary/aromatic N) is 1. The summed E-state index contributed by atoms with van der Waals surface area (Å²) in [6, 6.07) is 13.2. The maximum atomic E-state index is 12.4. The van der Waals surface area contributed by atoms with Gasteiger partial charge in [-0.25, -0.2) is 9.59 Å². The minimum Gasteiger partial charge on any atom is -0.478 e. The lowest BCUT2D eigenvalue weighted by molar-refractivity contribution is -0.123. The first-order valence-electron chi connectivity index (χ1n) is 7.67. The smallest absolute Gasteiger partial charge is 0.335 e. The highest BCUT2D eigenvalue weighted by Crippen LogP contribution is 2.17. The largest absolute Gasteiger partial charge is 0.478 e. The molecular formula is C19H16N2O4. The number of hydrogen-bond donors (Lipinski definition) is 2. The van der Waals surface area contributed by atoms with Crippen LogP contribution in [0.1, 0.15) is 27.0 Å². The zero-order valence-electron chi connectivity index (χ0n) is 13.5. The van der Waals surface area contributed by atoms with E-state index in [1.807, 2.05) is 31.2 Å². The van der Waals surface area contributed by atoms with Gasteiger partial charge in [0.15, 0.2) is 0 Å². The van der Waals surface area contributed by atoms with Crippen molar-refractivity contribution in [3.63, 3.8) is 0 Å². The van der Waals surface area contributed by atoms with Gasteiger partial charge in [-0.2, -0.15) is 0 Å². The van der Waals surface area contributed by atoms with Crippen LogP contribution in [0.25, 0.3) is 6.08 Å². The lowest BCUT2D eigenvalue weighted by atomic mass is 10.1. The number of hydrogen-bond acceptors (Lipinski definition) is 3. The Balaban J connectivity index is 1.78. The average Bonchev–Trinajstić information content (AvgIpc) is 2.85. The molecule has 0 unspecified atom stereocenters. The van der Waals surface area contributed by atoms with Gasteiger partial charge < -0.3 is 10.4 Å². The Hall–Kier alpha value is -3.41. The molecule has 0 aromatic heterocycles. The summed E-state index contributed by atoms with van der Waals surface area (Å²) in [5.74, 6) is -1.43. The number of amides is 3. The van der Waals surface area contributed by atoms with E-state index < -0.39 is 17.9 Å². The lowest BCUT2D eigenvalue weighted by Crippen LogP contribution is -2.30. The van der Waals surface area contributed by atoms with Crippen molar-refractivity contribution in [3.8, 4) is 0 Å². The van der Waals surface area contributed by atoms with E-state index in [-0.39, 0.29) is 17.8 Å². The number of carboxylic acid groups (broad SMARTS) is 1. The number of rotatable bonds is 4. The molecule has 1 aliphatic rings. The van der Waals surface area contributed by atoms with Crippen molar-refractivity contribution in [3.05, 3.63) is 76.5 Å². The number of carbonyl (C=O) groups is 3. The highest BCUT2D eigenvalue weighted by atomic mass is 16.4. The zero-order chi connectivity index (χ0) is 18.0. The summed E-state index contributed by atoms with van der Waals surface area (Å²) in [5.41, 5.74) is 2.92. The van der Waals surface area contributed by atoms with Gasteiger partial charge in [0.25, 0.3) is 5.91 Å². The first-order valence-corrected chi connectivity index (χ1v) is 7.67. The van der Waals surface area contributed by atoms with Crippen molar-refractivity contribution in [1.29, 1.82) is 0 Å². The maximum Gasteiger partial charge on any atom is 0.335 e. The van der Waals surface area contributed by atoms with Gasteiger partial charge in [-0.1, -0.05) is 42.0 Å². The van der Waals surface area contributed by atoms with E-state index in [4.69, 9.17) is 5.11 Å². The third-order valence-corrected chi connectivity index (χ3v) is 3.89. The van der Waals surface area contributed by atoms with Crippen LogP contribution in [-0.4, -0.2) is 27.9 Å². The molecule has 6 heteroatoms. The molecule has 25 heavy (non-hydrogen) atoms. The number of urea groups is 1. The Labute approximate surface area is 144 Å². The number of carbonyl (C=O) groups excluding carboxylic acids is 2. The fourth-order valence-electron chi connectivity index (χ4n) is 2.48. The Morgan fingerprint density at radius 1 is 1.08 bits per heavy atom. The van der Waals surface area contributed by atoms with E-state index in [2.05, 4.69) is 5.32 Å². The second kappa shape index (κ2) is 6.60. The van der Waals surface area contributed by atoms with Crippen molar-refractivity contribution >= 4 is 24.0 Å². The van der Waals surface area contributed by atoms with Gasteiger partial charge >= 0.3 is 12.0 Å². The van der Waals surface area contributed by atoms with E-state index in [1.165, 1.54) is 18.2 Å². The van der Waals surface area contributed by atoms with Gasteiger partial charge in [-0.15, -0.1) is 0 Å². The molecule has 1 saturated heterocycles. The molecule has 0 spiro atoms. The third-order valence-electron chi connectivity index (χ3n) is 3.89. The van der Waals surface area contributed by atoms with Crippen molar-refractivity contribution < 1.29 is 19.5 Å². The minimum absolute atomic E-state index is 0.157. The van der Waals surface area contributed by atoms with Crippen molar-refractivity contribution in [2.75, 3.05) is 0 Å². The van der Waals surface area contributed by atoms with Crippen molar-refractivity contribution in [2.24, 2.45) is 0 Å². The molecule has 6 nitrogen and oxygen atoms in total. The van der Waals surface area contributed by atoms with E-state index in [0.717, 1.165) is 16.0 Å². The summed E-state index contributed by atoms with van der Waals surface area (Å²) >= 11 is 0. The number of imide groups is 1. The van der Waals surface area contributed by atoms with Crippen LogP contribution in [0.2, 0.25) is 0 Å². The topological polar surface area (TPSA) is 86.7 Å². The van der Waals surface area contributed by atoms with Crippen LogP contribution in [0.15, 0.2) is 54.2 Å². The van der Waals surface area contributed by atoms with Crippen LogP contribution in [-0.2, 0) is 11.3 Å². The lowest BCUT2D eigenvalue weighted by Gasteiger charge is -2.11. The molecule has 0 atom stereocenters. The molecule has 0 bridgehead atoms. The van der Waals surface area contributed by atoms with Gasteiger partial charge in [-0.05, 0) is 36.3 Å². The summed E-state index contributed by atoms with van der Waals surface area (Å²) in [7, 11) is 0. The summed E-state index contributed by atoms with van der Waals surface area (Å²) in [4.78, 5) is 36.5. The molecule has 2 aromatic carbocycles. The fraction of sp³-hybridized carbons (Fsp3) is 0.105. The van der Waals surface area contributed by atoms with Gasteiger partial charge in [0.2, 0.25) is 0 Å². The molecule has 0 aliphatic carbocycles. The summed E-state index contributed by atoms with van der Waals surface area (Å²) in [6.07, 6.45) is 1.53. The van der Waals surface area contributed by atoms with E-state index >= 15 is 0 Å². The van der Waals surface area contributed by atoms with Gasteiger partial charge in [0, 0.05) is 0 Å². The zero-order valence-corrected chi connectivity index (χ0v) is 13.5. The van der Waals surface area contributed by atoms with Crippen LogP contribution in [0.3, 0.4) is 0 Å². The van der Waals surface area contributed by atoms with Gasteiger partial charge in [0.05, 0.1) is 12.1 Å². The fourth-order valence-corrected chi connectivity index (χ4v) is 2.48. The summed E-state index contributed by atoms with van der Waals surface area (Å²) in [5, 5.41) is 11.4. The Morgan fingerprint density at radius 3 is 2.32 bits per heavy atom. The summed E-state index contributed by atoms with van der Waals surface area (Å²) < 4.78 is 0. The van der Waals surface area contributed by atoms with E-state index in [0.29, 0.717) is 5.56 Å². The summed E-state index contributed by atoms with van der Waals surface area (Å²) in [6.45, 7) is 2.16. The number of nitrogens with one attached hydrogen (secondary N) is 1. The molecule has 1 aliphatic heterocycles. The highest BCUT2D eigenvalue weighted by molar-refractivity contribution is 6.13. The number of benzene rings is 2. The van der Waals surface area contributed by atoms with E-state index in [1.54, 1.807) is 12.1 Å². The monoisotopic (exact) mass is 336 g/mol. The Kier molecular flexibility index (Phi) is 4.35. The van der Waals surface area contributed by atoms with E-state index in [9.17, 15) is 14.4 Å². The maximum absolute atomic E-state index is 12.4. The first kappa shape index (κ1) is 16.4. The second-order valence-electron chi connectivity index (χ2n) is 5.79. The predicted molar refractivity (Wildman–Crippen MR) is 91.6 cm³/mol. The molecule has 2 N–H and O–H groups in total. The second-order valence-corrected chi connectivity index (χ2v) is 5.79. The Bertz CT molecular complexity index is 867. The quantitative estimate of drug-likeness (QED) is 0.664. The van der Waals surface area contributed by atoms with Crippen molar-refractivity contribution in [2.45, 2.75) is 13.5 Å². The standard InChI is InChI=1S/C19H16N2O4/c1-12-2-4-14(5-3-12)11-21-17(22)16(20-19(21)25)10-13-6-8-15(9-7-13)18(23)24/h2-10H,11H2,1H3,(H,20,25)(H,23,24). The van der Waals surface area contributed by atoms with Crippen LogP contribution in [0.5, 0.6) is 0 Å². The molecule has 0 radical (unpaired) electrons. The number of carboxylic acids is 1. The first-order chi connectivity index (χ1) is 11.9. The molecule has 2 aromatic rings. The van der Waals surface area contributed by atoms with Crippen LogP contribution in [0, 0.1) is 6.92 Å². The highest BCUT2D eigenvalue weighted by Gasteiger charge is 2.33. The number of aromatic carboxylic acids is 1. The third kappa shape index (κ3) is 3.58. The number of aryl methyl sites for hydroxylation is 1. The molecular weight excluding hydrogens is 320 g/mol. The SMILES string of the molecule is Cc1ccc(CN2C(=O)NC(=Cc3ccc(C(=O)O)cc3)C2=O)cc1. The van der Waals surface area contributed by atoms with Crippen LogP contribution < -0.4 is 5.32 Å². The van der Waals surface area contributed by atoms with Crippen molar-refractivity contribution in [1.82, 2.24) is 10.2 Å². The molecule has 3 rings (SSSR count). The molecule has 126 valence electrons. The van der Waals surface area contributed by atoms with Gasteiger partial charge in [-0.3, -0.25) is 9.69 Å². The molecule has 1 fully saturated rings. The predicted octanol–water partition coefficient (Wildman–Crippen LogP) is 2.79. The Morgan fingerprint density at radius 2 is 1.72 bits per heavy atom. The molecule has 3 amide bonds. The van der Waals surface area contributed by atoms with Gasteiger partial charge in [0.1, 0.15) is 5.70 Å². The van der Waals surface area contributed by atoms with Crippen LogP contribution in [0.4, 0.5) is 4.79 Å². The minimum atomic E-state index is -1.02. The average molecular weight is 336 g/mol.